The van der Waals surface area contributed by atoms with Crippen molar-refractivity contribution < 1.29 is 18.7 Å². The van der Waals surface area contributed by atoms with Crippen molar-refractivity contribution in [1.82, 2.24) is 10.6 Å². The Bertz CT molecular complexity index is 916. The molecule has 32 heavy (non-hydrogen) atoms. The first-order valence-corrected chi connectivity index (χ1v) is 11.0. The molecule has 0 spiro atoms. The third kappa shape index (κ3) is 7.53. The zero-order valence-electron chi connectivity index (χ0n) is 18.6. The van der Waals surface area contributed by atoms with E-state index in [0.29, 0.717) is 38.0 Å². The number of carbonyl (C=O) groups is 1. The summed E-state index contributed by atoms with van der Waals surface area (Å²) in [5.41, 5.74) is 1.70. The van der Waals surface area contributed by atoms with Gasteiger partial charge in [-0.05, 0) is 56.5 Å². The Hall–Kier alpha value is -3.13. The van der Waals surface area contributed by atoms with Gasteiger partial charge in [0.05, 0.1) is 13.1 Å². The first-order chi connectivity index (χ1) is 15.5. The van der Waals surface area contributed by atoms with Gasteiger partial charge in [0, 0.05) is 24.9 Å². The first-order valence-electron chi connectivity index (χ1n) is 11.0. The summed E-state index contributed by atoms with van der Waals surface area (Å²) >= 11 is 0. The lowest BCUT2D eigenvalue weighted by atomic mass is 10.2. The summed E-state index contributed by atoms with van der Waals surface area (Å²) in [5, 5.41) is 9.36. The molecule has 2 unspecified atom stereocenters. The standard InChI is InChI=1S/C24H31FN4O3/c1-3-26-24(27-15-17(2)32-21-10-5-8-19(25)14-21)28-16-18-7-4-9-20(13-18)29-23(30)22-11-6-12-31-22/h4-5,7-10,13-14,17,22H,3,6,11-12,15-16H2,1-2H3,(H,29,30)(H2,26,27,28). The summed E-state index contributed by atoms with van der Waals surface area (Å²) < 4.78 is 24.5. The number of nitrogens with one attached hydrogen (secondary N) is 3. The molecule has 0 radical (unpaired) electrons. The van der Waals surface area contributed by atoms with Crippen molar-refractivity contribution in [3.05, 3.63) is 59.9 Å². The van der Waals surface area contributed by atoms with Gasteiger partial charge >= 0.3 is 0 Å². The highest BCUT2D eigenvalue weighted by Crippen LogP contribution is 2.17. The number of ether oxygens (including phenoxy) is 2. The number of anilines is 1. The molecule has 2 aromatic rings. The normalized spacial score (nSPS) is 17.0. The van der Waals surface area contributed by atoms with Crippen LogP contribution < -0.4 is 20.7 Å². The van der Waals surface area contributed by atoms with Crippen molar-refractivity contribution in [3.8, 4) is 5.75 Å². The molecule has 0 aromatic heterocycles. The van der Waals surface area contributed by atoms with Gasteiger partial charge in [-0.1, -0.05) is 18.2 Å². The predicted octanol–water partition coefficient (Wildman–Crippen LogP) is 3.47. The van der Waals surface area contributed by atoms with E-state index in [2.05, 4.69) is 20.9 Å². The van der Waals surface area contributed by atoms with Crippen LogP contribution in [0.5, 0.6) is 5.75 Å². The van der Waals surface area contributed by atoms with E-state index in [9.17, 15) is 9.18 Å². The van der Waals surface area contributed by atoms with Crippen LogP contribution in [0, 0.1) is 5.82 Å². The summed E-state index contributed by atoms with van der Waals surface area (Å²) in [6.45, 7) is 6.19. The molecular formula is C24H31FN4O3. The minimum absolute atomic E-state index is 0.106. The number of halogens is 1. The molecule has 0 bridgehead atoms. The van der Waals surface area contributed by atoms with Gasteiger partial charge in [0.25, 0.3) is 5.91 Å². The average molecular weight is 443 g/mol. The van der Waals surface area contributed by atoms with E-state index >= 15 is 0 Å². The van der Waals surface area contributed by atoms with Crippen molar-refractivity contribution in [2.24, 2.45) is 4.99 Å². The highest BCUT2D eigenvalue weighted by molar-refractivity contribution is 5.94. The molecule has 3 rings (SSSR count). The smallest absolute Gasteiger partial charge is 0.253 e. The van der Waals surface area contributed by atoms with Gasteiger partial charge in [-0.2, -0.15) is 0 Å². The number of guanidine groups is 1. The maximum atomic E-state index is 13.3. The maximum absolute atomic E-state index is 13.3. The lowest BCUT2D eigenvalue weighted by Crippen LogP contribution is -2.41. The maximum Gasteiger partial charge on any atom is 0.253 e. The Kier molecular flexibility index (Phi) is 8.86. The molecule has 1 aliphatic heterocycles. The monoisotopic (exact) mass is 442 g/mol. The third-order valence-electron chi connectivity index (χ3n) is 4.87. The van der Waals surface area contributed by atoms with Crippen molar-refractivity contribution in [1.29, 1.82) is 0 Å². The Balaban J connectivity index is 1.53. The van der Waals surface area contributed by atoms with Crippen molar-refractivity contribution >= 4 is 17.6 Å². The predicted molar refractivity (Wildman–Crippen MR) is 123 cm³/mol. The number of hydrogen-bond donors (Lipinski definition) is 3. The van der Waals surface area contributed by atoms with Gasteiger partial charge < -0.3 is 25.4 Å². The molecule has 1 amide bonds. The van der Waals surface area contributed by atoms with E-state index in [0.717, 1.165) is 24.1 Å². The summed E-state index contributed by atoms with van der Waals surface area (Å²) in [4.78, 5) is 16.9. The van der Waals surface area contributed by atoms with Gasteiger partial charge in [-0.25, -0.2) is 9.38 Å². The van der Waals surface area contributed by atoms with Crippen LogP contribution >= 0.6 is 0 Å². The lowest BCUT2D eigenvalue weighted by Gasteiger charge is -2.18. The number of hydrogen-bond acceptors (Lipinski definition) is 4. The Morgan fingerprint density at radius 2 is 2.09 bits per heavy atom. The lowest BCUT2D eigenvalue weighted by molar-refractivity contribution is -0.124. The van der Waals surface area contributed by atoms with Crippen molar-refractivity contribution in [2.45, 2.75) is 45.4 Å². The van der Waals surface area contributed by atoms with Gasteiger partial charge in [0.2, 0.25) is 0 Å². The SMILES string of the molecule is CCNC(=NCc1cccc(NC(=O)C2CCCO2)c1)NCC(C)Oc1cccc(F)c1. The van der Waals surface area contributed by atoms with E-state index in [1.807, 2.05) is 38.1 Å². The molecule has 7 nitrogen and oxygen atoms in total. The van der Waals surface area contributed by atoms with Crippen LogP contribution in [0.2, 0.25) is 0 Å². The zero-order chi connectivity index (χ0) is 22.8. The van der Waals surface area contributed by atoms with Crippen LogP contribution in [0.1, 0.15) is 32.3 Å². The molecule has 2 aromatic carbocycles. The molecule has 1 saturated heterocycles. The number of aliphatic imine (C=N–C) groups is 1. The Morgan fingerprint density at radius 1 is 1.25 bits per heavy atom. The molecular weight excluding hydrogens is 411 g/mol. The highest BCUT2D eigenvalue weighted by atomic mass is 19.1. The summed E-state index contributed by atoms with van der Waals surface area (Å²) in [6.07, 6.45) is 1.13. The minimum atomic E-state index is -0.363. The Labute approximate surface area is 188 Å². The second-order valence-corrected chi connectivity index (χ2v) is 7.65. The fraction of sp³-hybridized carbons (Fsp3) is 0.417. The number of nitrogens with zero attached hydrogens (tertiary/aromatic N) is 1. The van der Waals surface area contributed by atoms with Crippen molar-refractivity contribution in [2.75, 3.05) is 25.0 Å². The number of carbonyl (C=O) groups excluding carboxylic acids is 1. The van der Waals surface area contributed by atoms with E-state index < -0.39 is 0 Å². The van der Waals surface area contributed by atoms with E-state index in [1.54, 1.807) is 12.1 Å². The second kappa shape index (κ2) is 12.0. The first kappa shape index (κ1) is 23.5. The molecule has 172 valence electrons. The van der Waals surface area contributed by atoms with Crippen LogP contribution in [0.4, 0.5) is 10.1 Å². The van der Waals surface area contributed by atoms with Gasteiger partial charge in [-0.3, -0.25) is 4.79 Å². The summed E-state index contributed by atoms with van der Waals surface area (Å²) in [6, 6.07) is 13.7. The molecule has 0 aliphatic carbocycles. The fourth-order valence-corrected chi connectivity index (χ4v) is 3.32. The van der Waals surface area contributed by atoms with E-state index in [-0.39, 0.29) is 23.9 Å². The van der Waals surface area contributed by atoms with Crippen LogP contribution in [-0.4, -0.2) is 43.8 Å². The van der Waals surface area contributed by atoms with E-state index in [4.69, 9.17) is 9.47 Å². The highest BCUT2D eigenvalue weighted by Gasteiger charge is 2.23. The fourth-order valence-electron chi connectivity index (χ4n) is 3.32. The quantitative estimate of drug-likeness (QED) is 0.409. The Morgan fingerprint density at radius 3 is 2.84 bits per heavy atom. The minimum Gasteiger partial charge on any atom is -0.489 e. The third-order valence-corrected chi connectivity index (χ3v) is 4.87. The molecule has 3 N–H and O–H groups in total. The van der Waals surface area contributed by atoms with E-state index in [1.165, 1.54) is 12.1 Å². The summed E-state index contributed by atoms with van der Waals surface area (Å²) in [7, 11) is 0. The topological polar surface area (TPSA) is 84.0 Å². The van der Waals surface area contributed by atoms with Crippen LogP contribution in [0.15, 0.2) is 53.5 Å². The number of benzene rings is 2. The molecule has 0 saturated carbocycles. The number of amides is 1. The molecule has 1 heterocycles. The number of rotatable bonds is 9. The van der Waals surface area contributed by atoms with Crippen LogP contribution in [0.25, 0.3) is 0 Å². The molecule has 8 heteroatoms. The molecule has 2 atom stereocenters. The largest absolute Gasteiger partial charge is 0.489 e. The van der Waals surface area contributed by atoms with Crippen LogP contribution in [-0.2, 0) is 16.1 Å². The molecule has 1 aliphatic rings. The van der Waals surface area contributed by atoms with Gasteiger partial charge in [0.15, 0.2) is 5.96 Å². The van der Waals surface area contributed by atoms with Crippen molar-refractivity contribution in [3.63, 3.8) is 0 Å². The summed E-state index contributed by atoms with van der Waals surface area (Å²) in [5.74, 6) is 0.705. The molecule has 1 fully saturated rings. The average Bonchev–Trinajstić information content (AvgIpc) is 3.31. The van der Waals surface area contributed by atoms with Gasteiger partial charge in [0.1, 0.15) is 23.8 Å². The zero-order valence-corrected chi connectivity index (χ0v) is 18.6. The van der Waals surface area contributed by atoms with Crippen LogP contribution in [0.3, 0.4) is 0 Å². The van der Waals surface area contributed by atoms with Gasteiger partial charge in [-0.15, -0.1) is 0 Å². The second-order valence-electron chi connectivity index (χ2n) is 7.65.